The van der Waals surface area contributed by atoms with Crippen LogP contribution in [0.5, 0.6) is 5.75 Å². The smallest absolute Gasteiger partial charge is 0.177 e. The fourth-order valence-electron chi connectivity index (χ4n) is 4.13. The standard InChI is InChI=1S/C27H17NO2/c29-25-20(17-7-2-1-3-8-17)13-14-22-21-11-6-12-23(26(21)30-27(22)25)24-15-18-9-4-5-10-19(18)16-28-24/h1-16,29H. The van der Waals surface area contributed by atoms with Gasteiger partial charge in [0.05, 0.1) is 5.69 Å². The Bertz CT molecular complexity index is 1550. The first-order chi connectivity index (χ1) is 14.8. The van der Waals surface area contributed by atoms with E-state index >= 15 is 0 Å². The highest BCUT2D eigenvalue weighted by Crippen LogP contribution is 2.42. The number of para-hydroxylation sites is 1. The van der Waals surface area contributed by atoms with E-state index in [-0.39, 0.29) is 5.75 Å². The summed E-state index contributed by atoms with van der Waals surface area (Å²) < 4.78 is 6.25. The summed E-state index contributed by atoms with van der Waals surface area (Å²) in [7, 11) is 0. The molecular weight excluding hydrogens is 370 g/mol. The first-order valence-corrected chi connectivity index (χ1v) is 9.87. The summed E-state index contributed by atoms with van der Waals surface area (Å²) in [4.78, 5) is 4.66. The largest absolute Gasteiger partial charge is 0.504 e. The number of furan rings is 1. The Morgan fingerprint density at radius 1 is 0.633 bits per heavy atom. The number of phenolic OH excluding ortho intramolecular Hbond substituents is 1. The lowest BCUT2D eigenvalue weighted by Crippen LogP contribution is -1.84. The fourth-order valence-corrected chi connectivity index (χ4v) is 4.13. The zero-order valence-corrected chi connectivity index (χ0v) is 16.0. The zero-order valence-electron chi connectivity index (χ0n) is 16.0. The molecular formula is C27H17NO2. The van der Waals surface area contributed by atoms with E-state index in [4.69, 9.17) is 4.42 Å². The summed E-state index contributed by atoms with van der Waals surface area (Å²) in [5, 5.41) is 15.1. The van der Waals surface area contributed by atoms with E-state index in [1.807, 2.05) is 79.0 Å². The molecule has 4 aromatic carbocycles. The molecule has 0 saturated carbocycles. The van der Waals surface area contributed by atoms with Crippen molar-refractivity contribution in [3.63, 3.8) is 0 Å². The third kappa shape index (κ3) is 2.49. The van der Waals surface area contributed by atoms with Crippen LogP contribution in [0.15, 0.2) is 102 Å². The highest BCUT2D eigenvalue weighted by atomic mass is 16.4. The van der Waals surface area contributed by atoms with E-state index in [0.29, 0.717) is 5.58 Å². The van der Waals surface area contributed by atoms with Crippen molar-refractivity contribution < 1.29 is 9.52 Å². The van der Waals surface area contributed by atoms with Crippen LogP contribution >= 0.6 is 0 Å². The van der Waals surface area contributed by atoms with Crippen LogP contribution in [0.25, 0.3) is 55.1 Å². The Hall–Kier alpha value is -4.11. The van der Waals surface area contributed by atoms with Gasteiger partial charge < -0.3 is 9.52 Å². The van der Waals surface area contributed by atoms with Crippen molar-refractivity contribution in [2.45, 2.75) is 0 Å². The molecule has 3 nitrogen and oxygen atoms in total. The van der Waals surface area contributed by atoms with Crippen LogP contribution in [-0.2, 0) is 0 Å². The van der Waals surface area contributed by atoms with Gasteiger partial charge in [-0.15, -0.1) is 0 Å². The summed E-state index contributed by atoms with van der Waals surface area (Å²) in [5.74, 6) is 0.160. The number of hydrogen-bond donors (Lipinski definition) is 1. The second kappa shape index (κ2) is 6.46. The number of phenols is 1. The topological polar surface area (TPSA) is 46.3 Å². The predicted molar refractivity (Wildman–Crippen MR) is 122 cm³/mol. The van der Waals surface area contributed by atoms with Gasteiger partial charge in [-0.3, -0.25) is 4.98 Å². The molecule has 6 rings (SSSR count). The number of fused-ring (bicyclic) bond motifs is 4. The van der Waals surface area contributed by atoms with Crippen LogP contribution in [0, 0.1) is 0 Å². The maximum absolute atomic E-state index is 11.0. The average molecular weight is 387 g/mol. The average Bonchev–Trinajstić information content (AvgIpc) is 3.19. The van der Waals surface area contributed by atoms with Crippen molar-refractivity contribution in [2.24, 2.45) is 0 Å². The number of pyridine rings is 1. The van der Waals surface area contributed by atoms with Gasteiger partial charge in [0, 0.05) is 33.5 Å². The number of aromatic hydroxyl groups is 1. The summed E-state index contributed by atoms with van der Waals surface area (Å²) in [6.45, 7) is 0. The molecule has 2 aromatic heterocycles. The van der Waals surface area contributed by atoms with Gasteiger partial charge in [0.2, 0.25) is 0 Å². The van der Waals surface area contributed by atoms with E-state index in [2.05, 4.69) is 23.2 Å². The van der Waals surface area contributed by atoms with Crippen LogP contribution < -0.4 is 0 Å². The molecule has 0 unspecified atom stereocenters. The van der Waals surface area contributed by atoms with Crippen LogP contribution in [0.4, 0.5) is 0 Å². The Balaban J connectivity index is 1.61. The van der Waals surface area contributed by atoms with Crippen molar-refractivity contribution in [3.05, 3.63) is 97.2 Å². The normalized spacial score (nSPS) is 11.5. The van der Waals surface area contributed by atoms with Gasteiger partial charge in [0.25, 0.3) is 0 Å². The van der Waals surface area contributed by atoms with Gasteiger partial charge in [-0.2, -0.15) is 0 Å². The van der Waals surface area contributed by atoms with Gasteiger partial charge in [0.1, 0.15) is 5.58 Å². The Labute approximate surface area is 172 Å². The van der Waals surface area contributed by atoms with Crippen LogP contribution in [0.2, 0.25) is 0 Å². The van der Waals surface area contributed by atoms with Crippen molar-refractivity contribution in [1.29, 1.82) is 0 Å². The molecule has 0 aliphatic carbocycles. The lowest BCUT2D eigenvalue weighted by Gasteiger charge is -2.04. The van der Waals surface area contributed by atoms with Gasteiger partial charge in [-0.05, 0) is 35.2 Å². The van der Waals surface area contributed by atoms with Gasteiger partial charge in [-0.25, -0.2) is 0 Å². The van der Waals surface area contributed by atoms with E-state index in [9.17, 15) is 5.11 Å². The molecule has 3 heteroatoms. The molecule has 0 spiro atoms. The summed E-state index contributed by atoms with van der Waals surface area (Å²) >= 11 is 0. The molecule has 0 fully saturated rings. The molecule has 30 heavy (non-hydrogen) atoms. The molecule has 0 saturated heterocycles. The van der Waals surface area contributed by atoms with E-state index in [0.717, 1.165) is 49.5 Å². The summed E-state index contributed by atoms with van der Waals surface area (Å²) in [6.07, 6.45) is 1.89. The Kier molecular flexibility index (Phi) is 3.62. The van der Waals surface area contributed by atoms with E-state index < -0.39 is 0 Å². The minimum atomic E-state index is 0.160. The van der Waals surface area contributed by atoms with E-state index in [1.165, 1.54) is 0 Å². The van der Waals surface area contributed by atoms with Crippen molar-refractivity contribution >= 4 is 32.7 Å². The molecule has 0 amide bonds. The molecule has 1 N–H and O–H groups in total. The van der Waals surface area contributed by atoms with Crippen molar-refractivity contribution in [2.75, 3.05) is 0 Å². The minimum Gasteiger partial charge on any atom is -0.504 e. The van der Waals surface area contributed by atoms with E-state index in [1.54, 1.807) is 0 Å². The summed E-state index contributed by atoms with van der Waals surface area (Å²) in [5.41, 5.74) is 4.70. The zero-order chi connectivity index (χ0) is 20.1. The van der Waals surface area contributed by atoms with Gasteiger partial charge in [0.15, 0.2) is 11.3 Å². The molecule has 0 radical (unpaired) electrons. The second-order valence-electron chi connectivity index (χ2n) is 7.41. The van der Waals surface area contributed by atoms with Gasteiger partial charge in [-0.1, -0.05) is 66.7 Å². The van der Waals surface area contributed by atoms with Crippen molar-refractivity contribution in [1.82, 2.24) is 4.98 Å². The number of nitrogens with zero attached hydrogens (tertiary/aromatic N) is 1. The second-order valence-corrected chi connectivity index (χ2v) is 7.41. The number of rotatable bonds is 2. The third-order valence-electron chi connectivity index (χ3n) is 5.63. The monoisotopic (exact) mass is 387 g/mol. The van der Waals surface area contributed by atoms with Gasteiger partial charge >= 0.3 is 0 Å². The highest BCUT2D eigenvalue weighted by molar-refractivity contribution is 6.12. The predicted octanol–water partition coefficient (Wildman–Crippen LogP) is 7.17. The van der Waals surface area contributed by atoms with Crippen molar-refractivity contribution in [3.8, 4) is 28.1 Å². The molecule has 0 atom stereocenters. The maximum Gasteiger partial charge on any atom is 0.177 e. The Morgan fingerprint density at radius 2 is 1.40 bits per heavy atom. The number of aromatic nitrogens is 1. The minimum absolute atomic E-state index is 0.160. The maximum atomic E-state index is 11.0. The van der Waals surface area contributed by atoms with Crippen LogP contribution in [0.1, 0.15) is 0 Å². The first-order valence-electron chi connectivity index (χ1n) is 9.87. The molecule has 142 valence electrons. The fraction of sp³-hybridized carbons (Fsp3) is 0. The number of hydrogen-bond acceptors (Lipinski definition) is 3. The molecule has 0 aliphatic rings. The lowest BCUT2D eigenvalue weighted by atomic mass is 10.0. The summed E-state index contributed by atoms with van der Waals surface area (Å²) in [6, 6.07) is 30.1. The third-order valence-corrected chi connectivity index (χ3v) is 5.63. The SMILES string of the molecule is Oc1c(-c2ccccc2)ccc2c1oc1c(-c3cc4ccccc4cn3)cccc12. The highest BCUT2D eigenvalue weighted by Gasteiger charge is 2.18. The Morgan fingerprint density at radius 3 is 2.27 bits per heavy atom. The molecule has 6 aromatic rings. The van der Waals surface area contributed by atoms with Crippen LogP contribution in [-0.4, -0.2) is 10.1 Å². The quantitative estimate of drug-likeness (QED) is 0.342. The first kappa shape index (κ1) is 16.8. The molecule has 0 aliphatic heterocycles. The molecule has 2 heterocycles. The molecule has 0 bridgehead atoms. The van der Waals surface area contributed by atoms with Crippen LogP contribution in [0.3, 0.4) is 0 Å². The lowest BCUT2D eigenvalue weighted by molar-refractivity contribution is 0.471. The number of benzene rings is 4.